The van der Waals surface area contributed by atoms with Crippen molar-refractivity contribution < 1.29 is 4.79 Å². The van der Waals surface area contributed by atoms with Gasteiger partial charge in [-0.25, -0.2) is 0 Å². The Morgan fingerprint density at radius 1 is 1.15 bits per heavy atom. The molecular weight excluding hydrogens is 354 g/mol. The lowest BCUT2D eigenvalue weighted by Crippen LogP contribution is -2.48. The molecule has 0 radical (unpaired) electrons. The Morgan fingerprint density at radius 2 is 1.89 bits per heavy atom. The summed E-state index contributed by atoms with van der Waals surface area (Å²) in [7, 11) is 0. The van der Waals surface area contributed by atoms with E-state index in [1.54, 1.807) is 0 Å². The molecule has 142 valence electrons. The zero-order chi connectivity index (χ0) is 18.8. The minimum absolute atomic E-state index is 0.135. The Morgan fingerprint density at radius 3 is 2.67 bits per heavy atom. The van der Waals surface area contributed by atoms with Crippen molar-refractivity contribution in [3.63, 3.8) is 0 Å². The van der Waals surface area contributed by atoms with E-state index in [0.29, 0.717) is 18.4 Å². The van der Waals surface area contributed by atoms with Crippen molar-refractivity contribution in [1.82, 2.24) is 4.90 Å². The number of nitrogens with zero attached hydrogens (tertiary/aromatic N) is 2. The molecule has 0 aliphatic carbocycles. The number of likely N-dealkylation sites (tertiary alicyclic amines) is 1. The monoisotopic (exact) mass is 381 g/mol. The molecule has 3 atom stereocenters. The fourth-order valence-electron chi connectivity index (χ4n) is 4.32. The number of amides is 1. The second kappa shape index (κ2) is 8.05. The van der Waals surface area contributed by atoms with E-state index < -0.39 is 0 Å². The number of rotatable bonds is 4. The summed E-state index contributed by atoms with van der Waals surface area (Å²) >= 11 is 1.83. The van der Waals surface area contributed by atoms with E-state index in [4.69, 9.17) is 5.73 Å². The maximum Gasteiger partial charge on any atom is 0.244 e. The Balaban J connectivity index is 1.52. The van der Waals surface area contributed by atoms with E-state index in [9.17, 15) is 4.79 Å². The van der Waals surface area contributed by atoms with Gasteiger partial charge in [0, 0.05) is 36.2 Å². The van der Waals surface area contributed by atoms with Gasteiger partial charge in [-0.2, -0.15) is 0 Å². The molecule has 1 saturated heterocycles. The Hall–Kier alpha value is -1.82. The van der Waals surface area contributed by atoms with Crippen LogP contribution >= 0.6 is 11.8 Å². The lowest BCUT2D eigenvalue weighted by Gasteiger charge is -2.34. The number of thioether (sulfide) groups is 1. The maximum atomic E-state index is 13.3. The predicted octanol–water partition coefficient (Wildman–Crippen LogP) is 3.19. The first-order chi connectivity index (χ1) is 13.2. The van der Waals surface area contributed by atoms with Gasteiger partial charge in [-0.15, -0.1) is 11.8 Å². The summed E-state index contributed by atoms with van der Waals surface area (Å²) in [6.45, 7) is 5.26. The fraction of sp³-hybridized carbons (Fsp3) is 0.409. The predicted molar refractivity (Wildman–Crippen MR) is 112 cm³/mol. The molecule has 0 aromatic heterocycles. The zero-order valence-electron chi connectivity index (χ0n) is 15.8. The largest absolute Gasteiger partial charge is 0.330 e. The second-order valence-electron chi connectivity index (χ2n) is 7.45. The highest BCUT2D eigenvalue weighted by molar-refractivity contribution is 7.99. The molecule has 1 unspecified atom stereocenters. The van der Waals surface area contributed by atoms with Gasteiger partial charge >= 0.3 is 0 Å². The van der Waals surface area contributed by atoms with Gasteiger partial charge in [0.1, 0.15) is 0 Å². The summed E-state index contributed by atoms with van der Waals surface area (Å²) in [5, 5.41) is 0. The van der Waals surface area contributed by atoms with Crippen LogP contribution in [-0.2, 0) is 4.79 Å². The first-order valence-electron chi connectivity index (χ1n) is 9.71. The maximum absolute atomic E-state index is 13.3. The lowest BCUT2D eigenvalue weighted by atomic mass is 9.89. The second-order valence-corrected chi connectivity index (χ2v) is 8.59. The molecule has 2 N–H and O–H groups in total. The van der Waals surface area contributed by atoms with Crippen molar-refractivity contribution in [2.24, 2.45) is 11.7 Å². The SMILES string of the molecule is CC(C(=O)N1CCSc2ccccc21)N1C[C@@H](CN)[C@H](c2ccccc2)C1. The molecular formula is C22H27N3OS. The van der Waals surface area contributed by atoms with Crippen molar-refractivity contribution in [3.05, 3.63) is 60.2 Å². The zero-order valence-corrected chi connectivity index (χ0v) is 16.6. The highest BCUT2D eigenvalue weighted by Gasteiger charge is 2.38. The van der Waals surface area contributed by atoms with Crippen molar-refractivity contribution in [3.8, 4) is 0 Å². The number of nitrogens with two attached hydrogens (primary N) is 1. The summed E-state index contributed by atoms with van der Waals surface area (Å²) in [5.41, 5.74) is 8.47. The third-order valence-electron chi connectivity index (χ3n) is 5.90. The van der Waals surface area contributed by atoms with Gasteiger partial charge in [-0.3, -0.25) is 9.69 Å². The highest BCUT2D eigenvalue weighted by Crippen LogP contribution is 2.37. The van der Waals surface area contributed by atoms with Gasteiger partial charge < -0.3 is 10.6 Å². The average Bonchev–Trinajstić information content (AvgIpc) is 3.17. The van der Waals surface area contributed by atoms with Gasteiger partial charge in [0.2, 0.25) is 5.91 Å². The van der Waals surface area contributed by atoms with Crippen LogP contribution in [0.3, 0.4) is 0 Å². The number of para-hydroxylation sites is 1. The standard InChI is InChI=1S/C22H27N3OS/c1-16(22(26)25-11-12-27-21-10-6-5-9-20(21)25)24-14-18(13-23)19(15-24)17-7-3-2-4-8-17/h2-10,16,18-19H,11-15,23H2,1H3/t16?,18-,19+/m1/s1. The van der Waals surface area contributed by atoms with Gasteiger partial charge in [0.05, 0.1) is 11.7 Å². The normalized spacial score (nSPS) is 23.9. The van der Waals surface area contributed by atoms with Crippen molar-refractivity contribution in [1.29, 1.82) is 0 Å². The third-order valence-corrected chi connectivity index (χ3v) is 6.94. The molecule has 1 fully saturated rings. The van der Waals surface area contributed by atoms with Gasteiger partial charge in [-0.1, -0.05) is 42.5 Å². The summed E-state index contributed by atoms with van der Waals surface area (Å²) in [6, 6.07) is 18.7. The van der Waals surface area contributed by atoms with Crippen LogP contribution in [0.15, 0.2) is 59.5 Å². The summed E-state index contributed by atoms with van der Waals surface area (Å²) in [6.07, 6.45) is 0. The van der Waals surface area contributed by atoms with Gasteiger partial charge in [0.25, 0.3) is 0 Å². The molecule has 2 aliphatic rings. The van der Waals surface area contributed by atoms with Gasteiger partial charge in [-0.05, 0) is 37.1 Å². The Labute approximate surface area is 165 Å². The van der Waals surface area contributed by atoms with E-state index in [-0.39, 0.29) is 11.9 Å². The van der Waals surface area contributed by atoms with Crippen LogP contribution in [0.1, 0.15) is 18.4 Å². The first kappa shape index (κ1) is 18.5. The number of benzene rings is 2. The molecule has 2 aromatic rings. The van der Waals surface area contributed by atoms with Crippen LogP contribution in [-0.4, -0.2) is 48.8 Å². The number of carbonyl (C=O) groups excluding carboxylic acids is 1. The molecule has 2 aromatic carbocycles. The summed E-state index contributed by atoms with van der Waals surface area (Å²) < 4.78 is 0. The van der Waals surface area contributed by atoms with Crippen LogP contribution in [0.25, 0.3) is 0 Å². The lowest BCUT2D eigenvalue weighted by molar-refractivity contribution is -0.123. The van der Waals surface area contributed by atoms with E-state index in [0.717, 1.165) is 31.1 Å². The molecule has 4 rings (SSSR count). The van der Waals surface area contributed by atoms with Crippen LogP contribution < -0.4 is 10.6 Å². The van der Waals surface area contributed by atoms with Crippen LogP contribution in [0.4, 0.5) is 5.69 Å². The van der Waals surface area contributed by atoms with Gasteiger partial charge in [0.15, 0.2) is 0 Å². The molecule has 1 amide bonds. The summed E-state index contributed by atoms with van der Waals surface area (Å²) in [5.74, 6) is 1.95. The Bertz CT molecular complexity index is 797. The molecule has 0 saturated carbocycles. The number of hydrogen-bond donors (Lipinski definition) is 1. The number of fused-ring (bicyclic) bond motifs is 1. The molecule has 5 heteroatoms. The highest BCUT2D eigenvalue weighted by atomic mass is 32.2. The molecule has 27 heavy (non-hydrogen) atoms. The number of hydrogen-bond acceptors (Lipinski definition) is 4. The van der Waals surface area contributed by atoms with Crippen molar-refractivity contribution in [2.45, 2.75) is 23.8 Å². The van der Waals surface area contributed by atoms with E-state index in [2.05, 4.69) is 41.3 Å². The first-order valence-corrected chi connectivity index (χ1v) is 10.7. The Kier molecular flexibility index (Phi) is 5.53. The van der Waals surface area contributed by atoms with Crippen LogP contribution in [0.5, 0.6) is 0 Å². The average molecular weight is 382 g/mol. The van der Waals surface area contributed by atoms with E-state index in [1.165, 1.54) is 10.5 Å². The topological polar surface area (TPSA) is 49.6 Å². The molecule has 2 aliphatic heterocycles. The summed E-state index contributed by atoms with van der Waals surface area (Å²) in [4.78, 5) is 18.8. The van der Waals surface area contributed by atoms with Crippen LogP contribution in [0, 0.1) is 5.92 Å². The smallest absolute Gasteiger partial charge is 0.244 e. The molecule has 0 bridgehead atoms. The number of carbonyl (C=O) groups is 1. The van der Waals surface area contributed by atoms with Crippen LogP contribution in [0.2, 0.25) is 0 Å². The molecule has 2 heterocycles. The minimum atomic E-state index is -0.135. The third kappa shape index (κ3) is 3.64. The van der Waals surface area contributed by atoms with Crippen molar-refractivity contribution >= 4 is 23.4 Å². The quantitative estimate of drug-likeness (QED) is 0.884. The van der Waals surface area contributed by atoms with Crippen molar-refractivity contribution in [2.75, 3.05) is 36.8 Å². The van der Waals surface area contributed by atoms with E-state index >= 15 is 0 Å². The molecule has 4 nitrogen and oxygen atoms in total. The number of anilines is 1. The molecule has 0 spiro atoms. The van der Waals surface area contributed by atoms with E-state index in [1.807, 2.05) is 41.8 Å². The fourth-order valence-corrected chi connectivity index (χ4v) is 5.31. The minimum Gasteiger partial charge on any atom is -0.330 e.